The predicted octanol–water partition coefficient (Wildman–Crippen LogP) is 4.91. The van der Waals surface area contributed by atoms with Gasteiger partial charge in [0, 0.05) is 16.3 Å². The number of hydrazone groups is 1. The maximum Gasteiger partial charge on any atom is 0.253 e. The summed E-state index contributed by atoms with van der Waals surface area (Å²) in [6.07, 6.45) is 0.706. The van der Waals surface area contributed by atoms with Crippen LogP contribution >= 0.6 is 46.0 Å². The number of thiophene rings is 2. The second-order valence-electron chi connectivity index (χ2n) is 6.64. The van der Waals surface area contributed by atoms with Gasteiger partial charge in [-0.1, -0.05) is 41.6 Å². The van der Waals surface area contributed by atoms with Crippen molar-refractivity contribution in [3.63, 3.8) is 0 Å². The van der Waals surface area contributed by atoms with E-state index in [9.17, 15) is 4.79 Å². The molecule has 31 heavy (non-hydrogen) atoms. The lowest BCUT2D eigenvalue weighted by Gasteiger charge is -2.20. The van der Waals surface area contributed by atoms with Crippen LogP contribution in [-0.2, 0) is 4.79 Å². The van der Waals surface area contributed by atoms with Gasteiger partial charge >= 0.3 is 0 Å². The first-order valence-electron chi connectivity index (χ1n) is 9.33. The highest BCUT2D eigenvalue weighted by molar-refractivity contribution is 7.99. The summed E-state index contributed by atoms with van der Waals surface area (Å²) in [5.41, 5.74) is 1.68. The molecule has 11 heteroatoms. The van der Waals surface area contributed by atoms with Crippen LogP contribution in [0.3, 0.4) is 0 Å². The number of carbonyl (C=O) groups excluding carboxylic acids is 1. The van der Waals surface area contributed by atoms with Gasteiger partial charge in [-0.2, -0.15) is 9.78 Å². The minimum Gasteiger partial charge on any atom is -0.272 e. The Balaban J connectivity index is 1.35. The van der Waals surface area contributed by atoms with Crippen LogP contribution in [0.1, 0.15) is 22.2 Å². The van der Waals surface area contributed by atoms with E-state index in [-0.39, 0.29) is 17.7 Å². The molecule has 3 aromatic heterocycles. The smallest absolute Gasteiger partial charge is 0.253 e. The monoisotopic (exact) mass is 486 g/mol. The van der Waals surface area contributed by atoms with Crippen molar-refractivity contribution in [2.75, 3.05) is 5.75 Å². The van der Waals surface area contributed by atoms with Crippen LogP contribution in [0.4, 0.5) is 0 Å². The Kier molecular flexibility index (Phi) is 5.86. The summed E-state index contributed by atoms with van der Waals surface area (Å²) in [6.45, 7) is 0. The van der Waals surface area contributed by atoms with Gasteiger partial charge in [0.05, 0.1) is 28.1 Å². The first-order valence-corrected chi connectivity index (χ1v) is 12.5. The van der Waals surface area contributed by atoms with Gasteiger partial charge in [0.25, 0.3) is 5.91 Å². The molecule has 0 N–H and O–H groups in total. The summed E-state index contributed by atoms with van der Waals surface area (Å²) < 4.78 is 1.57. The van der Waals surface area contributed by atoms with Crippen LogP contribution in [0.15, 0.2) is 69.5 Å². The molecule has 0 spiro atoms. The average molecular weight is 487 g/mol. The molecule has 0 saturated carbocycles. The van der Waals surface area contributed by atoms with E-state index in [2.05, 4.69) is 26.7 Å². The van der Waals surface area contributed by atoms with Crippen molar-refractivity contribution in [3.05, 3.63) is 74.1 Å². The largest absolute Gasteiger partial charge is 0.272 e. The highest BCUT2D eigenvalue weighted by atomic mass is 35.5. The second-order valence-corrected chi connectivity index (χ2v) is 9.95. The van der Waals surface area contributed by atoms with E-state index in [4.69, 9.17) is 11.6 Å². The molecule has 1 amide bonds. The molecule has 1 unspecified atom stereocenters. The highest BCUT2D eigenvalue weighted by Gasteiger charge is 2.34. The standard InChI is InChI=1S/C20H15ClN6OS3/c21-13-4-1-5-14(10-13)26-20(22-24-25-26)31-12-19(28)27-16(18-7-3-9-30-18)11-15(23-27)17-6-2-8-29-17/h1-10,16H,11-12H2. The number of thioether (sulfide) groups is 1. The van der Waals surface area contributed by atoms with Crippen molar-refractivity contribution >= 4 is 57.7 Å². The summed E-state index contributed by atoms with van der Waals surface area (Å²) in [5, 5.41) is 23.3. The van der Waals surface area contributed by atoms with E-state index >= 15 is 0 Å². The Morgan fingerprint density at radius 1 is 1.16 bits per heavy atom. The average Bonchev–Trinajstić information content (AvgIpc) is 3.56. The number of amides is 1. The summed E-state index contributed by atoms with van der Waals surface area (Å²) in [7, 11) is 0. The van der Waals surface area contributed by atoms with E-state index in [1.54, 1.807) is 44.5 Å². The van der Waals surface area contributed by atoms with Gasteiger partial charge < -0.3 is 0 Å². The summed E-state index contributed by atoms with van der Waals surface area (Å²) in [6, 6.07) is 15.2. The van der Waals surface area contributed by atoms with Crippen molar-refractivity contribution in [3.8, 4) is 5.69 Å². The number of tetrazole rings is 1. The maximum atomic E-state index is 13.2. The van der Waals surface area contributed by atoms with Gasteiger partial charge in [-0.25, -0.2) is 5.01 Å². The Labute approximate surface area is 195 Å². The molecule has 1 aliphatic rings. The third kappa shape index (κ3) is 4.29. The summed E-state index contributed by atoms with van der Waals surface area (Å²) in [5.74, 6) is 0.0833. The Morgan fingerprint density at radius 3 is 2.81 bits per heavy atom. The highest BCUT2D eigenvalue weighted by Crippen LogP contribution is 2.36. The van der Waals surface area contributed by atoms with Crippen LogP contribution < -0.4 is 0 Å². The minimum absolute atomic E-state index is 0.0874. The van der Waals surface area contributed by atoms with Gasteiger partial charge in [-0.3, -0.25) is 4.79 Å². The van der Waals surface area contributed by atoms with Crippen LogP contribution in [0, 0.1) is 0 Å². The number of carbonyl (C=O) groups is 1. The van der Waals surface area contributed by atoms with Crippen molar-refractivity contribution in [1.29, 1.82) is 0 Å². The third-order valence-corrected chi connectivity index (χ3v) is 7.69. The van der Waals surface area contributed by atoms with Crippen molar-refractivity contribution in [2.45, 2.75) is 17.6 Å². The van der Waals surface area contributed by atoms with Gasteiger partial charge in [-0.15, -0.1) is 27.8 Å². The third-order valence-electron chi connectivity index (χ3n) is 4.66. The Bertz CT molecular complexity index is 1220. The molecule has 1 atom stereocenters. The fraction of sp³-hybridized carbons (Fsp3) is 0.150. The SMILES string of the molecule is O=C(CSc1nnnn1-c1cccc(Cl)c1)N1N=C(c2cccs2)CC1c1cccs1. The number of halogens is 1. The summed E-state index contributed by atoms with van der Waals surface area (Å²) >= 11 is 10.6. The number of benzene rings is 1. The number of aromatic nitrogens is 4. The predicted molar refractivity (Wildman–Crippen MR) is 124 cm³/mol. The molecule has 0 fully saturated rings. The second kappa shape index (κ2) is 8.91. The molecule has 0 bridgehead atoms. The molecule has 5 rings (SSSR count). The molecule has 4 heterocycles. The van der Waals surface area contributed by atoms with Crippen LogP contribution in [0.5, 0.6) is 0 Å². The zero-order valence-electron chi connectivity index (χ0n) is 16.0. The Hall–Kier alpha value is -2.53. The molecule has 7 nitrogen and oxygen atoms in total. The number of hydrogen-bond donors (Lipinski definition) is 0. The number of nitrogens with zero attached hydrogens (tertiary/aromatic N) is 6. The molecular formula is C20H15ClN6OS3. The van der Waals surface area contributed by atoms with Crippen molar-refractivity contribution in [2.24, 2.45) is 5.10 Å². The topological polar surface area (TPSA) is 76.3 Å². The maximum absolute atomic E-state index is 13.2. The van der Waals surface area contributed by atoms with Crippen LogP contribution in [0.2, 0.25) is 5.02 Å². The zero-order chi connectivity index (χ0) is 21.2. The molecule has 0 aliphatic carbocycles. The van der Waals surface area contributed by atoms with E-state index in [1.165, 1.54) is 11.8 Å². The molecule has 0 saturated heterocycles. The first-order chi connectivity index (χ1) is 15.2. The molecule has 1 aromatic carbocycles. The zero-order valence-corrected chi connectivity index (χ0v) is 19.2. The van der Waals surface area contributed by atoms with Gasteiger partial charge in [-0.05, 0) is 51.5 Å². The summed E-state index contributed by atoms with van der Waals surface area (Å²) in [4.78, 5) is 15.4. The molecule has 1 aliphatic heterocycles. The van der Waals surface area contributed by atoms with Gasteiger partial charge in [0.2, 0.25) is 5.16 Å². The normalized spacial score (nSPS) is 16.0. The Morgan fingerprint density at radius 2 is 2.03 bits per heavy atom. The first kappa shape index (κ1) is 20.4. The van der Waals surface area contributed by atoms with Crippen molar-refractivity contribution in [1.82, 2.24) is 25.2 Å². The van der Waals surface area contributed by atoms with E-state index in [0.717, 1.165) is 21.2 Å². The fourth-order valence-electron chi connectivity index (χ4n) is 3.27. The van der Waals surface area contributed by atoms with Crippen molar-refractivity contribution < 1.29 is 4.79 Å². The quantitative estimate of drug-likeness (QED) is 0.362. The number of rotatable bonds is 6. The molecule has 4 aromatic rings. The lowest BCUT2D eigenvalue weighted by Crippen LogP contribution is -2.28. The number of hydrogen-bond acceptors (Lipinski definition) is 8. The minimum atomic E-state index is -0.0888. The van der Waals surface area contributed by atoms with Gasteiger partial charge in [0.15, 0.2) is 0 Å². The van der Waals surface area contributed by atoms with E-state index in [0.29, 0.717) is 16.6 Å². The fourth-order valence-corrected chi connectivity index (χ4v) is 5.73. The molecular weight excluding hydrogens is 472 g/mol. The van der Waals surface area contributed by atoms with Gasteiger partial charge in [0.1, 0.15) is 0 Å². The van der Waals surface area contributed by atoms with Crippen LogP contribution in [0.25, 0.3) is 5.69 Å². The molecule has 156 valence electrons. The van der Waals surface area contributed by atoms with E-state index < -0.39 is 0 Å². The van der Waals surface area contributed by atoms with E-state index in [1.807, 2.05) is 41.1 Å². The molecule has 0 radical (unpaired) electrons. The lowest BCUT2D eigenvalue weighted by atomic mass is 10.1. The lowest BCUT2D eigenvalue weighted by molar-refractivity contribution is -0.130. The van der Waals surface area contributed by atoms with Crippen LogP contribution in [-0.4, -0.2) is 42.6 Å².